The van der Waals surface area contributed by atoms with Gasteiger partial charge in [-0.15, -0.1) is 6.58 Å². The van der Waals surface area contributed by atoms with Crippen molar-refractivity contribution in [3.63, 3.8) is 0 Å². The number of hydrogen-bond donors (Lipinski definition) is 0. The molecule has 1 unspecified atom stereocenters. The van der Waals surface area contributed by atoms with Crippen molar-refractivity contribution in [3.05, 3.63) is 43.0 Å². The van der Waals surface area contributed by atoms with E-state index in [1.165, 1.54) is 13.0 Å². The highest BCUT2D eigenvalue weighted by atomic mass is 32.2. The monoisotopic (exact) mass is 286 g/mol. The van der Waals surface area contributed by atoms with Crippen LogP contribution < -0.4 is 4.74 Å². The van der Waals surface area contributed by atoms with E-state index < -0.39 is 15.2 Å². The molecule has 0 spiro atoms. The van der Waals surface area contributed by atoms with Crippen molar-refractivity contribution in [2.45, 2.75) is 19.0 Å². The van der Waals surface area contributed by atoms with Crippen LogP contribution >= 0.6 is 0 Å². The highest BCUT2D eigenvalue weighted by molar-refractivity contribution is 7.87. The largest absolute Gasteiger partial charge is 0.447 e. The summed E-state index contributed by atoms with van der Waals surface area (Å²) < 4.78 is 39.6. The summed E-state index contributed by atoms with van der Waals surface area (Å²) in [5.74, 6) is 0.379. The van der Waals surface area contributed by atoms with Gasteiger partial charge in [0.1, 0.15) is 5.75 Å². The Labute approximate surface area is 113 Å². The fourth-order valence-electron chi connectivity index (χ4n) is 1.36. The van der Waals surface area contributed by atoms with Crippen molar-refractivity contribution in [2.75, 3.05) is 13.2 Å². The number of hydrogen-bond acceptors (Lipinski definition) is 5. The molecule has 0 aliphatic carbocycles. The van der Waals surface area contributed by atoms with Crippen LogP contribution in [0.15, 0.2) is 43.0 Å². The van der Waals surface area contributed by atoms with Crippen LogP contribution in [-0.2, 0) is 19.0 Å². The van der Waals surface area contributed by atoms with Gasteiger partial charge in [-0.3, -0.25) is 4.18 Å². The van der Waals surface area contributed by atoms with E-state index in [9.17, 15) is 8.42 Å². The molecule has 1 aromatic rings. The van der Waals surface area contributed by atoms with Crippen molar-refractivity contribution in [3.8, 4) is 5.75 Å². The highest BCUT2D eigenvalue weighted by Crippen LogP contribution is 2.26. The van der Waals surface area contributed by atoms with Gasteiger partial charge in [0.2, 0.25) is 0 Å². The summed E-state index contributed by atoms with van der Waals surface area (Å²) in [5, 5.41) is -1.90. The minimum absolute atomic E-state index is 0.136. The quantitative estimate of drug-likeness (QED) is 0.417. The van der Waals surface area contributed by atoms with Gasteiger partial charge in [0.15, 0.2) is 0 Å². The average Bonchev–Trinajstić information content (AvgIpc) is 2.37. The number of ether oxygens (including phenoxy) is 2. The smallest absolute Gasteiger partial charge is 0.337 e. The Hall–Kier alpha value is -1.37. The molecule has 0 amide bonds. The minimum atomic E-state index is -4.06. The first-order valence-electron chi connectivity index (χ1n) is 5.83. The first-order valence-corrected chi connectivity index (χ1v) is 7.24. The molecular weight excluding hydrogens is 268 g/mol. The molecule has 0 saturated heterocycles. The van der Waals surface area contributed by atoms with Gasteiger partial charge >= 0.3 is 15.2 Å². The summed E-state index contributed by atoms with van der Waals surface area (Å²) >= 11 is 0. The lowest BCUT2D eigenvalue weighted by molar-refractivity contribution is -0.107. The van der Waals surface area contributed by atoms with Crippen LogP contribution in [0.25, 0.3) is 0 Å². The van der Waals surface area contributed by atoms with E-state index >= 15 is 0 Å². The summed E-state index contributed by atoms with van der Waals surface area (Å²) in [7, 11) is -4.06. The van der Waals surface area contributed by atoms with Crippen LogP contribution in [0.4, 0.5) is 0 Å². The number of rotatable bonds is 8. The normalized spacial score (nSPS) is 14.6. The maximum atomic E-state index is 12.1. The first kappa shape index (κ1) is 15.7. The van der Waals surface area contributed by atoms with Crippen LogP contribution in [-0.4, -0.2) is 26.8 Å². The van der Waals surface area contributed by atoms with E-state index in [-0.39, 0.29) is 13.2 Å². The predicted octanol–water partition coefficient (Wildman–Crippen LogP) is 2.31. The van der Waals surface area contributed by atoms with E-state index in [2.05, 4.69) is 6.58 Å². The molecule has 0 bridgehead atoms. The molecule has 0 heterocycles. The average molecular weight is 286 g/mol. The first-order chi connectivity index (χ1) is 8.95. The Kier molecular flexibility index (Phi) is 5.53. The van der Waals surface area contributed by atoms with Gasteiger partial charge in [0.05, 0.1) is 6.61 Å². The van der Waals surface area contributed by atoms with Gasteiger partial charge in [0.25, 0.3) is 0 Å². The van der Waals surface area contributed by atoms with Crippen LogP contribution in [0.2, 0.25) is 0 Å². The summed E-state index contributed by atoms with van der Waals surface area (Å²) in [4.78, 5) is 0. The van der Waals surface area contributed by atoms with Crippen LogP contribution in [0, 0.1) is 0 Å². The second-order valence-corrected chi connectivity index (χ2v) is 5.62. The topological polar surface area (TPSA) is 61.8 Å². The van der Waals surface area contributed by atoms with Gasteiger partial charge in [-0.25, -0.2) is 0 Å². The van der Waals surface area contributed by atoms with E-state index in [4.69, 9.17) is 13.7 Å². The van der Waals surface area contributed by atoms with E-state index in [0.717, 1.165) is 0 Å². The zero-order valence-electron chi connectivity index (χ0n) is 11.0. The predicted molar refractivity (Wildman–Crippen MR) is 72.2 cm³/mol. The molecule has 0 radical (unpaired) electrons. The molecule has 1 aromatic carbocycles. The van der Waals surface area contributed by atoms with Gasteiger partial charge < -0.3 is 9.47 Å². The van der Waals surface area contributed by atoms with Gasteiger partial charge in [-0.05, 0) is 19.1 Å². The number of para-hydroxylation sites is 1. The summed E-state index contributed by atoms with van der Waals surface area (Å²) in [5.41, 5.74) is 0. The molecule has 19 heavy (non-hydrogen) atoms. The van der Waals surface area contributed by atoms with Crippen molar-refractivity contribution in [1.82, 2.24) is 0 Å². The molecule has 0 aromatic heterocycles. The van der Waals surface area contributed by atoms with Gasteiger partial charge in [0, 0.05) is 13.5 Å². The lowest BCUT2D eigenvalue weighted by Crippen LogP contribution is -2.45. The second kappa shape index (κ2) is 6.70. The van der Waals surface area contributed by atoms with Crippen molar-refractivity contribution < 1.29 is 22.1 Å². The minimum Gasteiger partial charge on any atom is -0.447 e. The van der Waals surface area contributed by atoms with Crippen molar-refractivity contribution in [2.24, 2.45) is 0 Å². The molecule has 1 atom stereocenters. The SMILES string of the molecule is C=CCOS(=O)(=O)C(C)(OCC)Oc1ccccc1. The van der Waals surface area contributed by atoms with E-state index in [0.29, 0.717) is 5.75 Å². The third-order valence-corrected chi connectivity index (χ3v) is 3.80. The highest BCUT2D eigenvalue weighted by Gasteiger charge is 2.44. The molecule has 0 aliphatic rings. The molecule has 106 valence electrons. The van der Waals surface area contributed by atoms with Crippen molar-refractivity contribution in [1.29, 1.82) is 0 Å². The zero-order valence-corrected chi connectivity index (χ0v) is 11.9. The van der Waals surface area contributed by atoms with Gasteiger partial charge in [-0.2, -0.15) is 8.42 Å². The molecule has 0 N–H and O–H groups in total. The Morgan fingerprint density at radius 2 is 1.95 bits per heavy atom. The molecule has 0 aliphatic heterocycles. The Balaban J connectivity index is 2.99. The fraction of sp³-hybridized carbons (Fsp3) is 0.385. The Morgan fingerprint density at radius 1 is 1.32 bits per heavy atom. The summed E-state index contributed by atoms with van der Waals surface area (Å²) in [6, 6.07) is 8.55. The zero-order chi connectivity index (χ0) is 14.4. The summed E-state index contributed by atoms with van der Waals surface area (Å²) in [6.07, 6.45) is 1.34. The number of benzene rings is 1. The maximum Gasteiger partial charge on any atom is 0.337 e. The molecule has 6 heteroatoms. The van der Waals surface area contributed by atoms with Crippen molar-refractivity contribution >= 4 is 10.1 Å². The molecule has 0 saturated carbocycles. The van der Waals surface area contributed by atoms with Crippen LogP contribution in [0.5, 0.6) is 5.75 Å². The summed E-state index contributed by atoms with van der Waals surface area (Å²) in [6.45, 7) is 6.42. The molecule has 0 fully saturated rings. The third kappa shape index (κ3) is 4.05. The lowest BCUT2D eigenvalue weighted by Gasteiger charge is -2.28. The van der Waals surface area contributed by atoms with E-state index in [1.54, 1.807) is 37.3 Å². The van der Waals surface area contributed by atoms with E-state index in [1.807, 2.05) is 0 Å². The Bertz CT molecular complexity index is 497. The Morgan fingerprint density at radius 3 is 2.47 bits per heavy atom. The van der Waals surface area contributed by atoms with Crippen LogP contribution in [0.3, 0.4) is 0 Å². The molecule has 1 rings (SSSR count). The van der Waals surface area contributed by atoms with Crippen LogP contribution in [0.1, 0.15) is 13.8 Å². The third-order valence-electron chi connectivity index (χ3n) is 2.25. The molecular formula is C13H18O5S. The standard InChI is InChI=1S/C13H18O5S/c1-4-11-17-19(14,15)13(3,16-5-2)18-12-9-7-6-8-10-12/h4,6-10H,1,5,11H2,2-3H3. The maximum absolute atomic E-state index is 12.1. The fourth-order valence-corrected chi connectivity index (χ4v) is 2.31. The van der Waals surface area contributed by atoms with Gasteiger partial charge in [-0.1, -0.05) is 24.3 Å². The molecule has 5 nitrogen and oxygen atoms in total. The lowest BCUT2D eigenvalue weighted by atomic mass is 10.3. The second-order valence-electron chi connectivity index (χ2n) is 3.74.